The van der Waals surface area contributed by atoms with Crippen molar-refractivity contribution in [3.63, 3.8) is 0 Å². The lowest BCUT2D eigenvalue weighted by Crippen LogP contribution is -1.89. The number of aliphatic hydroxyl groups excluding tert-OH is 1. The first kappa shape index (κ1) is 8.98. The van der Waals surface area contributed by atoms with Gasteiger partial charge < -0.3 is 5.11 Å². The highest BCUT2D eigenvalue weighted by atomic mass is 32.2. The largest absolute Gasteiger partial charge is 0.394 e. The van der Waals surface area contributed by atoms with E-state index in [9.17, 15) is 0 Å². The van der Waals surface area contributed by atoms with Gasteiger partial charge in [0.2, 0.25) is 0 Å². The summed E-state index contributed by atoms with van der Waals surface area (Å²) >= 11 is 1.67. The molecule has 0 rings (SSSR count). The highest BCUT2D eigenvalue weighted by molar-refractivity contribution is 8.12. The average molecular weight is 147 g/mol. The van der Waals surface area contributed by atoms with Crippen LogP contribution in [0.25, 0.3) is 0 Å². The molecule has 0 aromatic heterocycles. The second-order valence-electron chi connectivity index (χ2n) is 1.92. The van der Waals surface area contributed by atoms with E-state index in [-0.39, 0.29) is 6.61 Å². The van der Waals surface area contributed by atoms with Gasteiger partial charge in [-0.2, -0.15) is 0 Å². The van der Waals surface area contributed by atoms with Gasteiger partial charge in [0.15, 0.2) is 0 Å². The quantitative estimate of drug-likeness (QED) is 0.478. The molecule has 0 heterocycles. The summed E-state index contributed by atoms with van der Waals surface area (Å²) in [5.74, 6) is 0. The first-order valence-corrected chi connectivity index (χ1v) is 3.96. The Labute approximate surface area is 60.4 Å². The Morgan fingerprint density at radius 1 is 1.67 bits per heavy atom. The third-order valence-corrected chi connectivity index (χ3v) is 1.45. The van der Waals surface area contributed by atoms with E-state index in [1.807, 2.05) is 0 Å². The standard InChI is InChI=1S/C6H13NOS/c1-6(2)9-5-7-3-4-8/h5-6,8H,3-4H2,1-2H3/b7-5-. The minimum absolute atomic E-state index is 0.148. The van der Waals surface area contributed by atoms with Crippen LogP contribution in [0.2, 0.25) is 0 Å². The van der Waals surface area contributed by atoms with Gasteiger partial charge in [0.1, 0.15) is 0 Å². The van der Waals surface area contributed by atoms with E-state index >= 15 is 0 Å². The Morgan fingerprint density at radius 3 is 2.78 bits per heavy atom. The Kier molecular flexibility index (Phi) is 6.09. The first-order chi connectivity index (χ1) is 4.27. The molecular weight excluding hydrogens is 134 g/mol. The van der Waals surface area contributed by atoms with Crippen molar-refractivity contribution in [1.82, 2.24) is 0 Å². The molecule has 0 spiro atoms. The molecule has 0 amide bonds. The van der Waals surface area contributed by atoms with E-state index in [2.05, 4.69) is 18.8 Å². The summed E-state index contributed by atoms with van der Waals surface area (Å²) in [6.45, 7) is 4.89. The molecule has 0 fully saturated rings. The Morgan fingerprint density at radius 2 is 2.33 bits per heavy atom. The fourth-order valence-electron chi connectivity index (χ4n) is 0.275. The van der Waals surface area contributed by atoms with E-state index in [0.29, 0.717) is 11.8 Å². The van der Waals surface area contributed by atoms with Crippen LogP contribution in [0.15, 0.2) is 4.99 Å². The SMILES string of the molecule is CC(C)S/C=N\CCO. The maximum Gasteiger partial charge on any atom is 0.0627 e. The zero-order chi connectivity index (χ0) is 7.11. The van der Waals surface area contributed by atoms with Gasteiger partial charge in [-0.05, 0) is 0 Å². The number of aliphatic hydroxyl groups is 1. The van der Waals surface area contributed by atoms with Crippen LogP contribution >= 0.6 is 11.8 Å². The lowest BCUT2D eigenvalue weighted by Gasteiger charge is -1.94. The van der Waals surface area contributed by atoms with E-state index in [1.165, 1.54) is 0 Å². The number of thioether (sulfide) groups is 1. The molecule has 0 saturated carbocycles. The molecule has 2 nitrogen and oxygen atoms in total. The Balaban J connectivity index is 3.04. The van der Waals surface area contributed by atoms with Crippen molar-refractivity contribution in [2.45, 2.75) is 19.1 Å². The van der Waals surface area contributed by atoms with Gasteiger partial charge in [0.25, 0.3) is 0 Å². The molecular formula is C6H13NOS. The molecule has 0 bridgehead atoms. The molecule has 0 aliphatic carbocycles. The predicted molar refractivity (Wildman–Crippen MR) is 43.2 cm³/mol. The minimum Gasteiger partial charge on any atom is -0.394 e. The fraction of sp³-hybridized carbons (Fsp3) is 0.833. The number of aliphatic imine (C=N–C) groups is 1. The molecule has 0 aliphatic heterocycles. The number of nitrogens with zero attached hydrogens (tertiary/aromatic N) is 1. The Bertz CT molecular complexity index is 83.1. The number of hydrogen-bond donors (Lipinski definition) is 1. The molecule has 9 heavy (non-hydrogen) atoms. The van der Waals surface area contributed by atoms with Gasteiger partial charge in [-0.25, -0.2) is 0 Å². The predicted octanol–water partition coefficient (Wildman–Crippen LogP) is 1.15. The lowest BCUT2D eigenvalue weighted by molar-refractivity contribution is 0.307. The minimum atomic E-state index is 0.148. The van der Waals surface area contributed by atoms with Crippen molar-refractivity contribution in [3.8, 4) is 0 Å². The van der Waals surface area contributed by atoms with E-state index in [1.54, 1.807) is 17.3 Å². The summed E-state index contributed by atoms with van der Waals surface area (Å²) in [5, 5.41) is 8.90. The van der Waals surface area contributed by atoms with Crippen LogP contribution in [0, 0.1) is 0 Å². The third-order valence-electron chi connectivity index (χ3n) is 0.637. The molecule has 3 heteroatoms. The van der Waals surface area contributed by atoms with Crippen LogP contribution in [0.4, 0.5) is 0 Å². The normalized spacial score (nSPS) is 11.6. The molecule has 54 valence electrons. The van der Waals surface area contributed by atoms with Crippen LogP contribution in [-0.2, 0) is 0 Å². The molecule has 1 N–H and O–H groups in total. The van der Waals surface area contributed by atoms with Crippen molar-refractivity contribution in [1.29, 1.82) is 0 Å². The van der Waals surface area contributed by atoms with Crippen molar-refractivity contribution < 1.29 is 5.11 Å². The fourth-order valence-corrected chi connectivity index (χ4v) is 0.710. The molecule has 0 unspecified atom stereocenters. The Hall–Kier alpha value is -0.0200. The van der Waals surface area contributed by atoms with Gasteiger partial charge in [0, 0.05) is 5.25 Å². The van der Waals surface area contributed by atoms with Crippen LogP contribution in [-0.4, -0.2) is 29.1 Å². The highest BCUT2D eigenvalue weighted by Gasteiger charge is 1.86. The summed E-state index contributed by atoms with van der Waals surface area (Å²) < 4.78 is 0. The molecule has 0 radical (unpaired) electrons. The third kappa shape index (κ3) is 7.98. The maximum atomic E-state index is 8.31. The van der Waals surface area contributed by atoms with Crippen LogP contribution < -0.4 is 0 Å². The summed E-state index contributed by atoms with van der Waals surface area (Å²) in [6.07, 6.45) is 0. The maximum absolute atomic E-state index is 8.31. The van der Waals surface area contributed by atoms with E-state index < -0.39 is 0 Å². The second-order valence-corrected chi connectivity index (χ2v) is 3.35. The topological polar surface area (TPSA) is 32.6 Å². The average Bonchev–Trinajstić information content (AvgIpc) is 1.80. The zero-order valence-electron chi connectivity index (χ0n) is 5.87. The van der Waals surface area contributed by atoms with Gasteiger partial charge in [-0.15, -0.1) is 11.8 Å². The number of rotatable bonds is 4. The lowest BCUT2D eigenvalue weighted by atomic mass is 10.6. The van der Waals surface area contributed by atoms with Gasteiger partial charge >= 0.3 is 0 Å². The van der Waals surface area contributed by atoms with Gasteiger partial charge in [0.05, 0.1) is 18.7 Å². The number of hydrogen-bond acceptors (Lipinski definition) is 3. The van der Waals surface area contributed by atoms with Crippen molar-refractivity contribution in [2.24, 2.45) is 4.99 Å². The van der Waals surface area contributed by atoms with Crippen LogP contribution in [0.5, 0.6) is 0 Å². The summed E-state index contributed by atoms with van der Waals surface area (Å²) in [6, 6.07) is 0. The van der Waals surface area contributed by atoms with E-state index in [0.717, 1.165) is 0 Å². The molecule has 0 aliphatic rings. The smallest absolute Gasteiger partial charge is 0.0627 e. The summed E-state index contributed by atoms with van der Waals surface area (Å²) in [4.78, 5) is 3.92. The van der Waals surface area contributed by atoms with E-state index in [4.69, 9.17) is 5.11 Å². The van der Waals surface area contributed by atoms with Crippen LogP contribution in [0.3, 0.4) is 0 Å². The summed E-state index contributed by atoms with van der Waals surface area (Å²) in [7, 11) is 0. The van der Waals surface area contributed by atoms with Crippen LogP contribution in [0.1, 0.15) is 13.8 Å². The van der Waals surface area contributed by atoms with Crippen molar-refractivity contribution >= 4 is 17.3 Å². The van der Waals surface area contributed by atoms with Crippen molar-refractivity contribution in [3.05, 3.63) is 0 Å². The highest BCUT2D eigenvalue weighted by Crippen LogP contribution is 2.03. The second kappa shape index (κ2) is 6.11. The monoisotopic (exact) mass is 147 g/mol. The van der Waals surface area contributed by atoms with Gasteiger partial charge in [-0.3, -0.25) is 4.99 Å². The van der Waals surface area contributed by atoms with Gasteiger partial charge in [-0.1, -0.05) is 13.8 Å². The molecule has 0 saturated heterocycles. The van der Waals surface area contributed by atoms with Crippen molar-refractivity contribution in [2.75, 3.05) is 13.2 Å². The zero-order valence-corrected chi connectivity index (χ0v) is 6.69. The summed E-state index contributed by atoms with van der Waals surface area (Å²) in [5.41, 5.74) is 1.79. The molecule has 0 aromatic carbocycles. The molecule has 0 aromatic rings. The first-order valence-electron chi connectivity index (χ1n) is 3.02. The molecule has 0 atom stereocenters.